The maximum Gasteiger partial charge on any atom is 0.102 e. The summed E-state index contributed by atoms with van der Waals surface area (Å²) in [5.41, 5.74) is 5.84. The molecule has 14 heavy (non-hydrogen) atoms. The topological polar surface area (TPSA) is 29.3 Å². The van der Waals surface area contributed by atoms with Crippen molar-refractivity contribution in [2.45, 2.75) is 45.6 Å². The Bertz CT molecular complexity index is 121. The fourth-order valence-electron chi connectivity index (χ4n) is 2.07. The van der Waals surface area contributed by atoms with E-state index in [4.69, 9.17) is 5.73 Å². The lowest BCUT2D eigenvalue weighted by molar-refractivity contribution is 0.0777. The zero-order valence-electron chi connectivity index (χ0n) is 9.85. The number of hydrogen-bond donors (Lipinski definition) is 1. The van der Waals surface area contributed by atoms with Gasteiger partial charge in [-0.1, -0.05) is 20.8 Å². The second-order valence-corrected chi connectivity index (χ2v) is 3.81. The highest BCUT2D eigenvalue weighted by atomic mass is 19.1. The molecule has 0 aromatic carbocycles. The number of hydrogen-bond acceptors (Lipinski definition) is 2. The minimum absolute atomic E-state index is 0.0160. The molecule has 0 unspecified atom stereocenters. The zero-order chi connectivity index (χ0) is 11.0. The van der Waals surface area contributed by atoms with Gasteiger partial charge in [0.2, 0.25) is 0 Å². The van der Waals surface area contributed by atoms with E-state index < -0.39 is 0 Å². The van der Waals surface area contributed by atoms with E-state index in [9.17, 15) is 4.39 Å². The Hall–Kier alpha value is -0.150. The maximum absolute atomic E-state index is 12.4. The van der Waals surface area contributed by atoms with Gasteiger partial charge in [0.05, 0.1) is 0 Å². The molecule has 0 aromatic rings. The second kappa shape index (κ2) is 7.18. The normalized spacial score (nSPS) is 12.4. The zero-order valence-corrected chi connectivity index (χ0v) is 9.85. The predicted molar refractivity (Wildman–Crippen MR) is 60.2 cm³/mol. The Morgan fingerprint density at radius 2 is 1.71 bits per heavy atom. The Balaban J connectivity index is 4.52. The van der Waals surface area contributed by atoms with Crippen LogP contribution in [0.1, 0.15) is 40.0 Å². The summed E-state index contributed by atoms with van der Waals surface area (Å²) in [7, 11) is 0. The molecule has 0 aliphatic carbocycles. The van der Waals surface area contributed by atoms with Crippen molar-refractivity contribution >= 4 is 0 Å². The van der Waals surface area contributed by atoms with E-state index in [0.717, 1.165) is 25.8 Å². The van der Waals surface area contributed by atoms with Gasteiger partial charge in [0.1, 0.15) is 6.67 Å². The third-order valence-electron chi connectivity index (χ3n) is 3.21. The average Bonchev–Trinajstić information content (AvgIpc) is 2.22. The van der Waals surface area contributed by atoms with Crippen molar-refractivity contribution in [3.63, 3.8) is 0 Å². The Kier molecular flexibility index (Phi) is 7.11. The highest BCUT2D eigenvalue weighted by molar-refractivity contribution is 4.89. The van der Waals surface area contributed by atoms with Gasteiger partial charge in [-0.05, 0) is 25.8 Å². The highest BCUT2D eigenvalue weighted by Crippen LogP contribution is 2.22. The van der Waals surface area contributed by atoms with Crippen molar-refractivity contribution in [2.24, 2.45) is 5.73 Å². The molecule has 0 amide bonds. The molecule has 86 valence electrons. The molecule has 2 nitrogen and oxygen atoms in total. The van der Waals surface area contributed by atoms with Crippen LogP contribution < -0.4 is 5.73 Å². The lowest BCUT2D eigenvalue weighted by Gasteiger charge is -2.42. The van der Waals surface area contributed by atoms with E-state index in [0.29, 0.717) is 13.1 Å². The standard InChI is InChI=1S/C11H25FN2/c1-4-8-14(9-7-12)11(5-2,6-3)10-13/h4-10,13H2,1-3H3. The van der Waals surface area contributed by atoms with Gasteiger partial charge in [0.15, 0.2) is 0 Å². The van der Waals surface area contributed by atoms with Crippen LogP contribution in [0.2, 0.25) is 0 Å². The first-order chi connectivity index (χ1) is 6.70. The van der Waals surface area contributed by atoms with Crippen molar-refractivity contribution in [3.05, 3.63) is 0 Å². The monoisotopic (exact) mass is 204 g/mol. The molecule has 0 heterocycles. The summed E-state index contributed by atoms with van der Waals surface area (Å²) in [4.78, 5) is 2.22. The number of nitrogens with two attached hydrogens (primary N) is 1. The maximum atomic E-state index is 12.4. The Labute approximate surface area is 87.7 Å². The highest BCUT2D eigenvalue weighted by Gasteiger charge is 2.30. The van der Waals surface area contributed by atoms with Crippen LogP contribution in [0.5, 0.6) is 0 Å². The molecule has 0 spiro atoms. The molecule has 0 saturated heterocycles. The van der Waals surface area contributed by atoms with Crippen LogP contribution in [0.25, 0.3) is 0 Å². The third kappa shape index (κ3) is 3.21. The lowest BCUT2D eigenvalue weighted by atomic mass is 9.90. The molecule has 3 heteroatoms. The molecular formula is C11H25FN2. The van der Waals surface area contributed by atoms with E-state index in [1.165, 1.54) is 0 Å². The molecule has 0 aliphatic heterocycles. The van der Waals surface area contributed by atoms with E-state index in [1.807, 2.05) is 0 Å². The summed E-state index contributed by atoms with van der Waals surface area (Å²) >= 11 is 0. The van der Waals surface area contributed by atoms with Gasteiger partial charge in [-0.15, -0.1) is 0 Å². The van der Waals surface area contributed by atoms with Crippen LogP contribution in [-0.4, -0.2) is 36.7 Å². The Morgan fingerprint density at radius 3 is 2.00 bits per heavy atom. The molecule has 0 bridgehead atoms. The molecule has 0 aromatic heterocycles. The molecule has 0 rings (SSSR count). The summed E-state index contributed by atoms with van der Waals surface area (Å²) < 4.78 is 12.4. The fourth-order valence-corrected chi connectivity index (χ4v) is 2.07. The number of rotatable bonds is 8. The minimum Gasteiger partial charge on any atom is -0.329 e. The van der Waals surface area contributed by atoms with Crippen molar-refractivity contribution in [1.82, 2.24) is 4.90 Å². The van der Waals surface area contributed by atoms with Gasteiger partial charge < -0.3 is 5.73 Å². The van der Waals surface area contributed by atoms with Crippen molar-refractivity contribution < 1.29 is 4.39 Å². The third-order valence-corrected chi connectivity index (χ3v) is 3.21. The molecular weight excluding hydrogens is 179 g/mol. The first-order valence-electron chi connectivity index (χ1n) is 5.71. The quantitative estimate of drug-likeness (QED) is 0.656. The fraction of sp³-hybridized carbons (Fsp3) is 1.00. The predicted octanol–water partition coefficient (Wildman–Crippen LogP) is 2.19. The van der Waals surface area contributed by atoms with Crippen molar-refractivity contribution in [2.75, 3.05) is 26.3 Å². The number of halogens is 1. The van der Waals surface area contributed by atoms with Gasteiger partial charge in [0, 0.05) is 18.6 Å². The minimum atomic E-state index is -0.276. The van der Waals surface area contributed by atoms with Crippen molar-refractivity contribution in [1.29, 1.82) is 0 Å². The van der Waals surface area contributed by atoms with Gasteiger partial charge in [0.25, 0.3) is 0 Å². The summed E-state index contributed by atoms with van der Waals surface area (Å²) in [6.45, 7) is 8.21. The average molecular weight is 204 g/mol. The van der Waals surface area contributed by atoms with Gasteiger partial charge in [-0.2, -0.15) is 0 Å². The largest absolute Gasteiger partial charge is 0.329 e. The van der Waals surface area contributed by atoms with Gasteiger partial charge in [-0.3, -0.25) is 4.90 Å². The second-order valence-electron chi connectivity index (χ2n) is 3.81. The summed E-state index contributed by atoms with van der Waals surface area (Å²) in [5, 5.41) is 0. The Morgan fingerprint density at radius 1 is 1.14 bits per heavy atom. The molecule has 2 N–H and O–H groups in total. The first-order valence-corrected chi connectivity index (χ1v) is 5.71. The molecule has 0 atom stereocenters. The van der Waals surface area contributed by atoms with E-state index >= 15 is 0 Å². The molecule has 0 fully saturated rings. The van der Waals surface area contributed by atoms with Gasteiger partial charge in [-0.25, -0.2) is 4.39 Å². The molecule has 0 radical (unpaired) electrons. The van der Waals surface area contributed by atoms with Gasteiger partial charge >= 0.3 is 0 Å². The van der Waals surface area contributed by atoms with E-state index in [2.05, 4.69) is 25.7 Å². The van der Waals surface area contributed by atoms with E-state index in [-0.39, 0.29) is 12.2 Å². The van der Waals surface area contributed by atoms with Crippen LogP contribution in [0.4, 0.5) is 4.39 Å². The smallest absolute Gasteiger partial charge is 0.102 e. The van der Waals surface area contributed by atoms with Crippen LogP contribution in [0.3, 0.4) is 0 Å². The van der Waals surface area contributed by atoms with Crippen LogP contribution in [-0.2, 0) is 0 Å². The number of nitrogens with zero attached hydrogens (tertiary/aromatic N) is 1. The number of alkyl halides is 1. The van der Waals surface area contributed by atoms with Crippen molar-refractivity contribution in [3.8, 4) is 0 Å². The lowest BCUT2D eigenvalue weighted by Crippen LogP contribution is -2.54. The van der Waals surface area contributed by atoms with Crippen LogP contribution in [0.15, 0.2) is 0 Å². The van der Waals surface area contributed by atoms with E-state index in [1.54, 1.807) is 0 Å². The first kappa shape index (κ1) is 13.8. The molecule has 0 aliphatic rings. The van der Waals surface area contributed by atoms with Crippen LogP contribution in [0, 0.1) is 0 Å². The summed E-state index contributed by atoms with van der Waals surface area (Å²) in [5.74, 6) is 0. The summed E-state index contributed by atoms with van der Waals surface area (Å²) in [6.07, 6.45) is 3.06. The van der Waals surface area contributed by atoms with Crippen LogP contribution >= 0.6 is 0 Å². The SMILES string of the molecule is CCCN(CCF)C(CC)(CC)CN. The summed E-state index contributed by atoms with van der Waals surface area (Å²) in [6, 6.07) is 0. The molecule has 0 saturated carbocycles.